The Labute approximate surface area is 110 Å². The minimum atomic E-state index is -1.78. The fourth-order valence-corrected chi connectivity index (χ4v) is 1.71. The van der Waals surface area contributed by atoms with Crippen LogP contribution in [0.15, 0.2) is 0 Å². The molecule has 2 aliphatic rings. The number of nitrogens with zero attached hydrogens (tertiary/aromatic N) is 1. The number of carbonyl (C=O) groups is 6. The average molecular weight is 284 g/mol. The number of rotatable bonds is 2. The summed E-state index contributed by atoms with van der Waals surface area (Å²) in [4.78, 5) is 67.9. The topological polar surface area (TPSA) is 180 Å². The van der Waals surface area contributed by atoms with Crippen LogP contribution in [0.25, 0.3) is 0 Å². The first-order valence-electron chi connectivity index (χ1n) is 5.15. The van der Waals surface area contributed by atoms with Gasteiger partial charge in [0.15, 0.2) is 12.1 Å². The van der Waals surface area contributed by atoms with E-state index in [1.165, 1.54) is 0 Å². The van der Waals surface area contributed by atoms with Crippen LogP contribution < -0.4 is 27.1 Å². The predicted molar refractivity (Wildman–Crippen MR) is 57.0 cm³/mol. The van der Waals surface area contributed by atoms with Crippen molar-refractivity contribution in [2.75, 3.05) is 0 Å². The zero-order chi connectivity index (χ0) is 15.0. The van der Waals surface area contributed by atoms with Crippen molar-refractivity contribution in [3.63, 3.8) is 0 Å². The minimum absolute atomic E-state index is 0.355. The number of barbiturate groups is 2. The molecular formula is C8H8N6O6. The van der Waals surface area contributed by atoms with E-state index in [9.17, 15) is 28.8 Å². The van der Waals surface area contributed by atoms with Crippen molar-refractivity contribution in [2.24, 2.45) is 5.84 Å². The Morgan fingerprint density at radius 2 is 0.900 bits per heavy atom. The van der Waals surface area contributed by atoms with Crippen LogP contribution in [0.1, 0.15) is 0 Å². The lowest BCUT2D eigenvalue weighted by atomic mass is 10.1. The summed E-state index contributed by atoms with van der Waals surface area (Å²) < 4.78 is 0. The van der Waals surface area contributed by atoms with E-state index in [-0.39, 0.29) is 0 Å². The van der Waals surface area contributed by atoms with Gasteiger partial charge in [0.1, 0.15) is 0 Å². The lowest BCUT2D eigenvalue weighted by Crippen LogP contribution is -2.73. The van der Waals surface area contributed by atoms with Gasteiger partial charge in [-0.1, -0.05) is 0 Å². The van der Waals surface area contributed by atoms with Gasteiger partial charge in [-0.3, -0.25) is 46.3 Å². The Morgan fingerprint density at radius 1 is 0.650 bits per heavy atom. The summed E-state index contributed by atoms with van der Waals surface area (Å²) in [6, 6.07) is -5.64. The molecule has 12 heteroatoms. The smallest absolute Gasteiger partial charge is 0.276 e. The summed E-state index contributed by atoms with van der Waals surface area (Å²) in [6.07, 6.45) is 0. The molecule has 0 aromatic rings. The van der Waals surface area contributed by atoms with Gasteiger partial charge in [0.25, 0.3) is 23.6 Å². The Kier molecular flexibility index (Phi) is 3.17. The summed E-state index contributed by atoms with van der Waals surface area (Å²) in [5.74, 6) is 1.05. The molecule has 6 N–H and O–H groups in total. The highest BCUT2D eigenvalue weighted by molar-refractivity contribution is 6.22. The summed E-state index contributed by atoms with van der Waals surface area (Å²) in [6.45, 7) is 0. The summed E-state index contributed by atoms with van der Waals surface area (Å²) in [7, 11) is 0. The molecule has 2 fully saturated rings. The average Bonchev–Trinajstić information content (AvgIpc) is 2.25. The van der Waals surface area contributed by atoms with Gasteiger partial charge in [-0.2, -0.15) is 0 Å². The lowest BCUT2D eigenvalue weighted by molar-refractivity contribution is -0.145. The number of imide groups is 4. The molecule has 0 bridgehead atoms. The monoisotopic (exact) mass is 284 g/mol. The second kappa shape index (κ2) is 4.67. The maximum absolute atomic E-state index is 11.5. The predicted octanol–water partition coefficient (Wildman–Crippen LogP) is -4.37. The molecule has 2 heterocycles. The van der Waals surface area contributed by atoms with Crippen LogP contribution in [0.5, 0.6) is 0 Å². The van der Waals surface area contributed by atoms with Crippen molar-refractivity contribution in [1.82, 2.24) is 26.3 Å². The molecule has 0 radical (unpaired) electrons. The lowest BCUT2D eigenvalue weighted by Gasteiger charge is -2.33. The van der Waals surface area contributed by atoms with Gasteiger partial charge >= 0.3 is 12.1 Å². The molecule has 20 heavy (non-hydrogen) atoms. The maximum Gasteiger partial charge on any atom is 0.328 e. The van der Waals surface area contributed by atoms with Gasteiger partial charge in [0.2, 0.25) is 0 Å². The Hall–Kier alpha value is -2.86. The fourth-order valence-electron chi connectivity index (χ4n) is 1.71. The van der Waals surface area contributed by atoms with Gasteiger partial charge in [0.05, 0.1) is 0 Å². The van der Waals surface area contributed by atoms with E-state index >= 15 is 0 Å². The molecule has 106 valence electrons. The molecular weight excluding hydrogens is 276 g/mol. The number of nitrogens with one attached hydrogen (secondary N) is 4. The van der Waals surface area contributed by atoms with Crippen LogP contribution in [0.3, 0.4) is 0 Å². The zero-order valence-corrected chi connectivity index (χ0v) is 9.63. The second-order valence-electron chi connectivity index (χ2n) is 3.87. The highest BCUT2D eigenvalue weighted by Crippen LogP contribution is 2.07. The van der Waals surface area contributed by atoms with Gasteiger partial charge in [-0.15, -0.1) is 0 Å². The van der Waals surface area contributed by atoms with Crippen LogP contribution in [-0.2, 0) is 19.2 Å². The molecule has 0 aromatic heterocycles. The minimum Gasteiger partial charge on any atom is -0.276 e. The SMILES string of the molecule is NN(C1C(=O)NC(=O)NC1=O)C1C(=O)NC(=O)NC1=O. The van der Waals surface area contributed by atoms with Gasteiger partial charge in [-0.05, 0) is 0 Å². The molecule has 2 rings (SSSR count). The first kappa shape index (κ1) is 13.6. The normalized spacial score (nSPS) is 21.5. The third-order valence-electron chi connectivity index (χ3n) is 2.54. The van der Waals surface area contributed by atoms with Gasteiger partial charge in [0, 0.05) is 0 Å². The van der Waals surface area contributed by atoms with Crippen LogP contribution in [-0.4, -0.2) is 52.8 Å². The van der Waals surface area contributed by atoms with Crippen molar-refractivity contribution < 1.29 is 28.8 Å². The zero-order valence-electron chi connectivity index (χ0n) is 9.63. The fraction of sp³-hybridized carbons (Fsp3) is 0.250. The summed E-state index contributed by atoms with van der Waals surface area (Å²) >= 11 is 0. The quantitative estimate of drug-likeness (QED) is 0.191. The number of hydrogen-bond donors (Lipinski definition) is 5. The van der Waals surface area contributed by atoms with E-state index < -0.39 is 47.8 Å². The van der Waals surface area contributed by atoms with E-state index in [1.54, 1.807) is 21.3 Å². The molecule has 0 saturated carbocycles. The first-order chi connectivity index (χ1) is 9.31. The highest BCUT2D eigenvalue weighted by atomic mass is 16.2. The van der Waals surface area contributed by atoms with E-state index in [0.717, 1.165) is 0 Å². The molecule has 0 spiro atoms. The standard InChI is InChI=1S/C8H8N6O6/c9-14(1-3(15)10-7(19)11-4(1)16)2-5(17)12-8(20)13-6(2)18/h1-2H,9H2,(H2,10,11,15,16,19)(H2,12,13,17,18,20). The van der Waals surface area contributed by atoms with Crippen molar-refractivity contribution in [1.29, 1.82) is 0 Å². The van der Waals surface area contributed by atoms with Crippen molar-refractivity contribution in [3.8, 4) is 0 Å². The first-order valence-corrected chi connectivity index (χ1v) is 5.15. The Bertz CT molecular complexity index is 470. The molecule has 0 unspecified atom stereocenters. The van der Waals surface area contributed by atoms with Crippen molar-refractivity contribution in [2.45, 2.75) is 12.1 Å². The van der Waals surface area contributed by atoms with Crippen LogP contribution >= 0.6 is 0 Å². The number of hydrazine groups is 1. The number of amides is 8. The number of hydrogen-bond acceptors (Lipinski definition) is 8. The summed E-state index contributed by atoms with van der Waals surface area (Å²) in [5.41, 5.74) is 0. The van der Waals surface area contributed by atoms with Crippen LogP contribution in [0.4, 0.5) is 9.59 Å². The van der Waals surface area contributed by atoms with E-state index in [2.05, 4.69) is 0 Å². The maximum atomic E-state index is 11.5. The molecule has 12 nitrogen and oxygen atoms in total. The van der Waals surface area contributed by atoms with Crippen LogP contribution in [0, 0.1) is 0 Å². The van der Waals surface area contributed by atoms with Crippen molar-refractivity contribution >= 4 is 35.7 Å². The third-order valence-corrected chi connectivity index (χ3v) is 2.54. The molecule has 0 aliphatic carbocycles. The molecule has 2 aliphatic heterocycles. The third kappa shape index (κ3) is 2.19. The van der Waals surface area contributed by atoms with Crippen LogP contribution in [0.2, 0.25) is 0 Å². The number of urea groups is 2. The van der Waals surface area contributed by atoms with E-state index in [0.29, 0.717) is 5.01 Å². The Morgan fingerprint density at radius 3 is 1.15 bits per heavy atom. The van der Waals surface area contributed by atoms with Gasteiger partial charge < -0.3 is 0 Å². The Balaban J connectivity index is 2.24. The molecule has 8 amide bonds. The largest absolute Gasteiger partial charge is 0.328 e. The number of carbonyl (C=O) groups excluding carboxylic acids is 6. The van der Waals surface area contributed by atoms with E-state index in [4.69, 9.17) is 5.84 Å². The summed E-state index contributed by atoms with van der Waals surface area (Å²) in [5, 5.41) is 7.38. The highest BCUT2D eigenvalue weighted by Gasteiger charge is 2.47. The number of nitrogens with two attached hydrogens (primary N) is 1. The molecule has 0 aromatic carbocycles. The second-order valence-corrected chi connectivity index (χ2v) is 3.87. The molecule has 0 atom stereocenters. The molecule has 2 saturated heterocycles. The van der Waals surface area contributed by atoms with Crippen molar-refractivity contribution in [3.05, 3.63) is 0 Å². The van der Waals surface area contributed by atoms with Gasteiger partial charge in [-0.25, -0.2) is 14.6 Å². The van der Waals surface area contributed by atoms with E-state index in [1.807, 2.05) is 0 Å².